The summed E-state index contributed by atoms with van der Waals surface area (Å²) < 4.78 is 0. The van der Waals surface area contributed by atoms with E-state index in [1.165, 1.54) is 0 Å². The van der Waals surface area contributed by atoms with Gasteiger partial charge >= 0.3 is 0 Å². The van der Waals surface area contributed by atoms with E-state index in [0.717, 1.165) is 24.8 Å². The maximum Gasteiger partial charge on any atom is 0.0876 e. The van der Waals surface area contributed by atoms with E-state index in [0.29, 0.717) is 16.0 Å². The lowest BCUT2D eigenvalue weighted by atomic mass is 9.74. The number of benzene rings is 1. The molecule has 1 fully saturated rings. The van der Waals surface area contributed by atoms with Crippen molar-refractivity contribution in [2.75, 3.05) is 0 Å². The van der Waals surface area contributed by atoms with Crippen LogP contribution in [0.5, 0.6) is 0 Å². The van der Waals surface area contributed by atoms with Crippen LogP contribution in [-0.2, 0) is 5.41 Å². The summed E-state index contributed by atoms with van der Waals surface area (Å²) in [4.78, 5) is 0. The Morgan fingerprint density at radius 2 is 2.00 bits per heavy atom. The second-order valence-electron chi connectivity index (χ2n) is 4.47. The van der Waals surface area contributed by atoms with Crippen molar-refractivity contribution in [2.45, 2.75) is 31.6 Å². The molecule has 3 heteroatoms. The Morgan fingerprint density at radius 3 is 2.44 bits per heavy atom. The van der Waals surface area contributed by atoms with Crippen LogP contribution in [0.2, 0.25) is 10.0 Å². The molecule has 84 valence electrons. The molecule has 0 spiro atoms. The predicted octanol–water partition coefficient (Wildman–Crippen LogP) is 4.57. The van der Waals surface area contributed by atoms with Crippen molar-refractivity contribution in [2.24, 2.45) is 5.92 Å². The van der Waals surface area contributed by atoms with Gasteiger partial charge in [-0.2, -0.15) is 5.26 Å². The third kappa shape index (κ3) is 1.61. The van der Waals surface area contributed by atoms with E-state index in [1.54, 1.807) is 0 Å². The second kappa shape index (κ2) is 4.28. The fourth-order valence-corrected chi connectivity index (χ4v) is 3.43. The van der Waals surface area contributed by atoms with Gasteiger partial charge in [-0.25, -0.2) is 0 Å². The molecule has 2 unspecified atom stereocenters. The van der Waals surface area contributed by atoms with E-state index < -0.39 is 5.41 Å². The van der Waals surface area contributed by atoms with Crippen LogP contribution in [0, 0.1) is 17.2 Å². The van der Waals surface area contributed by atoms with Gasteiger partial charge in [-0.3, -0.25) is 0 Å². The van der Waals surface area contributed by atoms with E-state index in [2.05, 4.69) is 13.0 Å². The summed E-state index contributed by atoms with van der Waals surface area (Å²) in [5.74, 6) is 0.315. The Balaban J connectivity index is 2.62. The van der Waals surface area contributed by atoms with Gasteiger partial charge in [-0.05, 0) is 30.9 Å². The summed E-state index contributed by atoms with van der Waals surface area (Å²) in [5.41, 5.74) is 0.334. The van der Waals surface area contributed by atoms with Gasteiger partial charge in [0.2, 0.25) is 0 Å². The summed E-state index contributed by atoms with van der Waals surface area (Å²) in [6.45, 7) is 2.11. The second-order valence-corrected chi connectivity index (χ2v) is 5.29. The molecule has 2 rings (SSSR count). The first-order valence-corrected chi connectivity index (χ1v) is 6.23. The van der Waals surface area contributed by atoms with Crippen molar-refractivity contribution >= 4 is 23.2 Å². The molecule has 0 saturated heterocycles. The van der Waals surface area contributed by atoms with Gasteiger partial charge in [-0.15, -0.1) is 0 Å². The molecule has 0 heterocycles. The minimum Gasteiger partial charge on any atom is -0.197 e. The van der Waals surface area contributed by atoms with Crippen LogP contribution in [0.25, 0.3) is 0 Å². The van der Waals surface area contributed by atoms with Gasteiger partial charge in [0.25, 0.3) is 0 Å². The van der Waals surface area contributed by atoms with E-state index in [-0.39, 0.29) is 0 Å². The van der Waals surface area contributed by atoms with Crippen LogP contribution >= 0.6 is 23.2 Å². The first-order chi connectivity index (χ1) is 7.62. The Morgan fingerprint density at radius 1 is 1.38 bits per heavy atom. The molecule has 0 bridgehead atoms. The van der Waals surface area contributed by atoms with Crippen LogP contribution in [0.3, 0.4) is 0 Å². The Hall–Kier alpha value is -0.710. The zero-order valence-electron chi connectivity index (χ0n) is 9.13. The Bertz CT molecular complexity index is 429. The van der Waals surface area contributed by atoms with Crippen LogP contribution < -0.4 is 0 Å². The van der Waals surface area contributed by atoms with Gasteiger partial charge in [0, 0.05) is 15.6 Å². The lowest BCUT2D eigenvalue weighted by molar-refractivity contribution is 0.431. The average Bonchev–Trinajstić information content (AvgIpc) is 2.61. The molecule has 1 aliphatic carbocycles. The molecule has 0 aliphatic heterocycles. The molecule has 0 radical (unpaired) electrons. The highest BCUT2D eigenvalue weighted by Crippen LogP contribution is 2.49. The number of nitriles is 1. The molecular formula is C13H13Cl2N. The van der Waals surface area contributed by atoms with E-state index in [4.69, 9.17) is 23.2 Å². The number of halogens is 2. The maximum atomic E-state index is 9.52. The van der Waals surface area contributed by atoms with Gasteiger partial charge in [0.1, 0.15) is 0 Å². The van der Waals surface area contributed by atoms with Crippen molar-refractivity contribution in [3.63, 3.8) is 0 Å². The molecule has 1 nitrogen and oxygen atoms in total. The van der Waals surface area contributed by atoms with Crippen molar-refractivity contribution in [3.8, 4) is 6.07 Å². The first kappa shape index (κ1) is 11.8. The smallest absolute Gasteiger partial charge is 0.0876 e. The normalized spacial score (nSPS) is 29.0. The maximum absolute atomic E-state index is 9.52. The Labute approximate surface area is 106 Å². The largest absolute Gasteiger partial charge is 0.197 e. The molecule has 1 saturated carbocycles. The third-order valence-electron chi connectivity index (χ3n) is 3.66. The highest BCUT2D eigenvalue weighted by molar-refractivity contribution is 6.36. The van der Waals surface area contributed by atoms with Gasteiger partial charge in [0.15, 0.2) is 0 Å². The number of hydrogen-bond donors (Lipinski definition) is 0. The molecule has 0 N–H and O–H groups in total. The highest BCUT2D eigenvalue weighted by atomic mass is 35.5. The number of rotatable bonds is 1. The first-order valence-electron chi connectivity index (χ1n) is 5.47. The van der Waals surface area contributed by atoms with E-state index in [1.807, 2.05) is 18.2 Å². The summed E-state index contributed by atoms with van der Waals surface area (Å²) >= 11 is 12.4. The minimum absolute atomic E-state index is 0.315. The SMILES string of the molecule is CC1CCCC1(C#N)c1c(Cl)cccc1Cl. The van der Waals surface area contributed by atoms with Crippen LogP contribution in [0.4, 0.5) is 0 Å². The quantitative estimate of drug-likeness (QED) is 0.719. The lowest BCUT2D eigenvalue weighted by Gasteiger charge is -2.28. The molecule has 16 heavy (non-hydrogen) atoms. The molecule has 1 aliphatic rings. The summed E-state index contributed by atoms with van der Waals surface area (Å²) in [5, 5.41) is 10.7. The summed E-state index contributed by atoms with van der Waals surface area (Å²) in [6, 6.07) is 7.90. The third-order valence-corrected chi connectivity index (χ3v) is 4.29. The molecule has 2 atom stereocenters. The zero-order chi connectivity index (χ0) is 11.8. The fourth-order valence-electron chi connectivity index (χ4n) is 2.70. The standard InChI is InChI=1S/C13H13Cl2N/c1-9-4-3-7-13(9,8-16)12-10(14)5-2-6-11(12)15/h2,5-6,9H,3-4,7H2,1H3. The number of hydrogen-bond acceptors (Lipinski definition) is 1. The fraction of sp³-hybridized carbons (Fsp3) is 0.462. The van der Waals surface area contributed by atoms with E-state index in [9.17, 15) is 5.26 Å². The van der Waals surface area contributed by atoms with Crippen molar-refractivity contribution in [3.05, 3.63) is 33.8 Å². The molecular weight excluding hydrogens is 241 g/mol. The topological polar surface area (TPSA) is 23.8 Å². The van der Waals surface area contributed by atoms with Gasteiger partial charge in [-0.1, -0.05) is 42.6 Å². The summed E-state index contributed by atoms with van der Waals surface area (Å²) in [6.07, 6.45) is 2.99. The monoisotopic (exact) mass is 253 g/mol. The minimum atomic E-state index is -0.491. The predicted molar refractivity (Wildman–Crippen MR) is 66.8 cm³/mol. The van der Waals surface area contributed by atoms with Crippen LogP contribution in [-0.4, -0.2) is 0 Å². The summed E-state index contributed by atoms with van der Waals surface area (Å²) in [7, 11) is 0. The van der Waals surface area contributed by atoms with E-state index >= 15 is 0 Å². The molecule has 1 aromatic rings. The van der Waals surface area contributed by atoms with Crippen molar-refractivity contribution in [1.29, 1.82) is 5.26 Å². The molecule has 0 aromatic heterocycles. The number of nitrogens with zero attached hydrogens (tertiary/aromatic N) is 1. The van der Waals surface area contributed by atoms with Crippen molar-refractivity contribution < 1.29 is 0 Å². The zero-order valence-corrected chi connectivity index (χ0v) is 10.6. The Kier molecular flexibility index (Phi) is 3.15. The van der Waals surface area contributed by atoms with Crippen LogP contribution in [0.1, 0.15) is 31.7 Å². The average molecular weight is 254 g/mol. The van der Waals surface area contributed by atoms with Gasteiger partial charge in [0.05, 0.1) is 11.5 Å². The molecule has 1 aromatic carbocycles. The van der Waals surface area contributed by atoms with Crippen LogP contribution in [0.15, 0.2) is 18.2 Å². The highest BCUT2D eigenvalue weighted by Gasteiger charge is 2.44. The van der Waals surface area contributed by atoms with Gasteiger partial charge < -0.3 is 0 Å². The van der Waals surface area contributed by atoms with Crippen molar-refractivity contribution in [1.82, 2.24) is 0 Å². The molecule has 0 amide bonds. The lowest BCUT2D eigenvalue weighted by Crippen LogP contribution is -2.27.